The van der Waals surface area contributed by atoms with E-state index in [9.17, 15) is 37.3 Å². The van der Waals surface area contributed by atoms with Gasteiger partial charge < -0.3 is 9.13 Å². The molecule has 0 bridgehead atoms. The molecular formula is C31H27Cl2F4N3O4. The summed E-state index contributed by atoms with van der Waals surface area (Å²) >= 11 is 12.1. The van der Waals surface area contributed by atoms with Crippen molar-refractivity contribution in [1.29, 1.82) is 0 Å². The zero-order valence-corrected chi connectivity index (χ0v) is 24.0. The monoisotopic (exact) mass is 651 g/mol. The van der Waals surface area contributed by atoms with Crippen LogP contribution in [-0.2, 0) is 38.8 Å². The Bertz CT molecular complexity index is 1780. The zero-order chi connectivity index (χ0) is 31.0. The van der Waals surface area contributed by atoms with Gasteiger partial charge in [-0.1, -0.05) is 42.8 Å². The number of carbonyl (C=O) groups is 2. The number of benzene rings is 2. The molecule has 0 aliphatic carbocycles. The number of carbonyl (C=O) groups excluding carboxylic acids is 2. The quantitative estimate of drug-likeness (QED) is 0.0874. The molecule has 0 amide bonds. The van der Waals surface area contributed by atoms with Gasteiger partial charge in [-0.3, -0.25) is 19.7 Å². The molecule has 232 valence electrons. The predicted molar refractivity (Wildman–Crippen MR) is 158 cm³/mol. The van der Waals surface area contributed by atoms with E-state index in [2.05, 4.69) is 0 Å². The van der Waals surface area contributed by atoms with Gasteiger partial charge in [-0.15, -0.1) is 0 Å². The van der Waals surface area contributed by atoms with Crippen LogP contribution in [-0.4, -0.2) is 25.6 Å². The topological polar surface area (TPSA) is 87.1 Å². The van der Waals surface area contributed by atoms with Crippen LogP contribution in [0, 0.1) is 33.4 Å². The molecule has 2 aromatic heterocycles. The molecule has 7 nitrogen and oxygen atoms in total. The van der Waals surface area contributed by atoms with Crippen LogP contribution in [0.15, 0.2) is 42.5 Å². The molecular weight excluding hydrogens is 625 g/mol. The summed E-state index contributed by atoms with van der Waals surface area (Å²) in [5.41, 5.74) is 2.52. The highest BCUT2D eigenvalue weighted by atomic mass is 35.5. The number of Topliss-reactive ketones (excluding diaryl/α,β-unsaturated/α-hetero) is 2. The minimum absolute atomic E-state index is 0. The molecule has 6 rings (SSSR count). The fourth-order valence-corrected chi connectivity index (χ4v) is 6.27. The maximum Gasteiger partial charge on any atom is 0.309 e. The molecule has 0 spiro atoms. The Morgan fingerprint density at radius 2 is 1.30 bits per heavy atom. The molecule has 13 heteroatoms. The molecule has 2 aromatic carbocycles. The molecule has 0 radical (unpaired) electrons. The molecule has 4 heterocycles. The summed E-state index contributed by atoms with van der Waals surface area (Å²) in [4.78, 5) is 35.4. The second-order valence-electron chi connectivity index (χ2n) is 10.3. The molecule has 4 aromatic rings. The minimum atomic E-state index is -1.05. The number of nitrogens with zero attached hydrogens (tertiary/aromatic N) is 3. The third kappa shape index (κ3) is 6.44. The summed E-state index contributed by atoms with van der Waals surface area (Å²) in [6.07, 6.45) is 2.89. The second-order valence-corrected chi connectivity index (χ2v) is 11.0. The zero-order valence-electron chi connectivity index (χ0n) is 22.4. The number of nitro groups is 1. The number of hydrogen-bond acceptors (Lipinski definition) is 4. The first kappa shape index (κ1) is 32.9. The second kappa shape index (κ2) is 13.4. The average molecular weight is 652 g/mol. The van der Waals surface area contributed by atoms with E-state index in [4.69, 9.17) is 23.2 Å². The Kier molecular flexibility index (Phi) is 10.00. The van der Waals surface area contributed by atoms with Crippen LogP contribution in [0.1, 0.15) is 63.8 Å². The van der Waals surface area contributed by atoms with Crippen LogP contribution in [0.3, 0.4) is 0 Å². The summed E-state index contributed by atoms with van der Waals surface area (Å²) in [6, 6.07) is 8.47. The molecule has 2 aliphatic heterocycles. The van der Waals surface area contributed by atoms with Gasteiger partial charge in [-0.2, -0.15) is 0 Å². The summed E-state index contributed by atoms with van der Waals surface area (Å²) in [7, 11) is 0. The van der Waals surface area contributed by atoms with Crippen molar-refractivity contribution < 1.29 is 32.1 Å². The van der Waals surface area contributed by atoms with Gasteiger partial charge in [0.15, 0.2) is 34.8 Å². The number of ketones is 2. The maximum absolute atomic E-state index is 13.2. The SMILES string of the molecule is C.O=C(Cc1ccc(F)c(F)c1)c1c(Cl)c([N+](=O)[O-])c2n1CCC2.O=C(Cc1ccc(F)c(F)c1)c1c(Cl)cc2n1CCC2. The highest BCUT2D eigenvalue weighted by molar-refractivity contribution is 6.36. The van der Waals surface area contributed by atoms with E-state index in [1.54, 1.807) is 4.57 Å². The molecule has 0 atom stereocenters. The Hall–Kier alpha value is -3.96. The van der Waals surface area contributed by atoms with E-state index in [0.717, 1.165) is 49.3 Å². The van der Waals surface area contributed by atoms with Crippen molar-refractivity contribution in [3.8, 4) is 0 Å². The van der Waals surface area contributed by atoms with Crippen LogP contribution in [0.5, 0.6) is 0 Å². The lowest BCUT2D eigenvalue weighted by molar-refractivity contribution is -0.385. The third-order valence-corrected chi connectivity index (χ3v) is 8.09. The van der Waals surface area contributed by atoms with Crippen LogP contribution < -0.4 is 0 Å². The van der Waals surface area contributed by atoms with Crippen molar-refractivity contribution >= 4 is 40.5 Å². The number of hydrogen-bond donors (Lipinski definition) is 0. The van der Waals surface area contributed by atoms with Crippen molar-refractivity contribution in [3.05, 3.63) is 120 Å². The van der Waals surface area contributed by atoms with Gasteiger partial charge in [-0.05, 0) is 67.1 Å². The minimum Gasteiger partial charge on any atom is -0.341 e. The summed E-state index contributed by atoms with van der Waals surface area (Å²) in [5.74, 6) is -4.54. The van der Waals surface area contributed by atoms with E-state index in [1.165, 1.54) is 12.1 Å². The van der Waals surface area contributed by atoms with Gasteiger partial charge in [0, 0.05) is 31.6 Å². The molecule has 0 fully saturated rings. The van der Waals surface area contributed by atoms with Gasteiger partial charge in [0.1, 0.15) is 16.4 Å². The van der Waals surface area contributed by atoms with Crippen molar-refractivity contribution in [1.82, 2.24) is 9.13 Å². The predicted octanol–water partition coefficient (Wildman–Crippen LogP) is 8.13. The third-order valence-electron chi connectivity index (χ3n) is 7.44. The van der Waals surface area contributed by atoms with E-state index < -0.39 is 34.0 Å². The Morgan fingerprint density at radius 3 is 1.84 bits per heavy atom. The highest BCUT2D eigenvalue weighted by Gasteiger charge is 2.35. The maximum atomic E-state index is 13.2. The molecule has 44 heavy (non-hydrogen) atoms. The normalized spacial score (nSPS) is 13.0. The number of halogens is 6. The number of rotatable bonds is 7. The lowest BCUT2D eigenvalue weighted by Crippen LogP contribution is -2.11. The standard InChI is InChI=1S/C15H11ClF2N2O3.C15H12ClF2NO.CH4/c16-13-14(20(22)23)11-2-1-5-19(11)15(13)12(21)7-8-3-4-9(17)10(18)6-8;16-11-8-10-2-1-5-19(10)15(11)14(20)7-9-3-4-12(17)13(18)6-9;/h3-4,6H,1-2,5,7H2;3-4,6,8H,1-2,5,7H2;1H4. The summed E-state index contributed by atoms with van der Waals surface area (Å²) in [6.45, 7) is 1.25. The molecule has 0 N–H and O–H groups in total. The average Bonchev–Trinajstić information content (AvgIpc) is 3.70. The van der Waals surface area contributed by atoms with E-state index in [-0.39, 0.29) is 48.0 Å². The smallest absolute Gasteiger partial charge is 0.309 e. The molecule has 2 aliphatic rings. The first-order chi connectivity index (χ1) is 20.5. The van der Waals surface area contributed by atoms with Gasteiger partial charge in [0.05, 0.1) is 15.6 Å². The van der Waals surface area contributed by atoms with E-state index in [1.807, 2.05) is 10.6 Å². The lowest BCUT2D eigenvalue weighted by atomic mass is 10.1. The van der Waals surface area contributed by atoms with E-state index in [0.29, 0.717) is 41.4 Å². The fraction of sp³-hybridized carbons (Fsp3) is 0.290. The van der Waals surface area contributed by atoms with Crippen LogP contribution >= 0.6 is 23.2 Å². The number of aryl methyl sites for hydroxylation is 1. The largest absolute Gasteiger partial charge is 0.341 e. The Balaban J connectivity index is 0.000000198. The van der Waals surface area contributed by atoms with Gasteiger partial charge >= 0.3 is 5.69 Å². The summed E-state index contributed by atoms with van der Waals surface area (Å²) < 4.78 is 55.7. The van der Waals surface area contributed by atoms with Gasteiger partial charge in [0.25, 0.3) is 0 Å². The summed E-state index contributed by atoms with van der Waals surface area (Å²) in [5, 5.41) is 11.4. The van der Waals surface area contributed by atoms with E-state index >= 15 is 0 Å². The van der Waals surface area contributed by atoms with Crippen LogP contribution in [0.4, 0.5) is 23.2 Å². The number of fused-ring (bicyclic) bond motifs is 2. The van der Waals surface area contributed by atoms with Crippen molar-refractivity contribution in [2.45, 2.75) is 59.0 Å². The lowest BCUT2D eigenvalue weighted by Gasteiger charge is -2.06. The van der Waals surface area contributed by atoms with Crippen LogP contribution in [0.25, 0.3) is 0 Å². The van der Waals surface area contributed by atoms with Crippen molar-refractivity contribution in [3.63, 3.8) is 0 Å². The molecule has 0 saturated carbocycles. The first-order valence-corrected chi connectivity index (χ1v) is 14.1. The van der Waals surface area contributed by atoms with Crippen molar-refractivity contribution in [2.24, 2.45) is 0 Å². The van der Waals surface area contributed by atoms with Crippen LogP contribution in [0.2, 0.25) is 10.0 Å². The molecule has 0 unspecified atom stereocenters. The fourth-order valence-electron chi connectivity index (χ4n) is 5.55. The Labute approximate surface area is 260 Å². The highest BCUT2D eigenvalue weighted by Crippen LogP contribution is 2.39. The Morgan fingerprint density at radius 1 is 0.773 bits per heavy atom. The first-order valence-electron chi connectivity index (χ1n) is 13.3. The number of aromatic nitrogens is 2. The van der Waals surface area contributed by atoms with Gasteiger partial charge in [0.2, 0.25) is 0 Å². The van der Waals surface area contributed by atoms with Gasteiger partial charge in [-0.25, -0.2) is 17.6 Å². The molecule has 0 saturated heterocycles. The van der Waals surface area contributed by atoms with Crippen molar-refractivity contribution in [2.75, 3.05) is 0 Å².